The average Bonchev–Trinajstić information content (AvgIpc) is 2.60. The number of ether oxygens (including phenoxy) is 1. The molecule has 1 aromatic rings. The lowest BCUT2D eigenvalue weighted by Crippen LogP contribution is -2.37. The summed E-state index contributed by atoms with van der Waals surface area (Å²) in [7, 11) is 0. The van der Waals surface area contributed by atoms with Crippen molar-refractivity contribution < 1.29 is 14.3 Å². The van der Waals surface area contributed by atoms with E-state index in [1.807, 2.05) is 36.9 Å². The number of hydrogen-bond donors (Lipinski definition) is 1. The Hall–Kier alpha value is -1.88. The summed E-state index contributed by atoms with van der Waals surface area (Å²) < 4.78 is 5.24. The lowest BCUT2D eigenvalue weighted by atomic mass is 9.98. The van der Waals surface area contributed by atoms with Crippen LogP contribution in [0, 0.1) is 12.8 Å². The molecule has 0 radical (unpaired) electrons. The predicted octanol–water partition coefficient (Wildman–Crippen LogP) is 3.62. The molecule has 2 amide bonds. The minimum atomic E-state index is -0.0214. The molecule has 1 heterocycles. The standard InChI is InChI=1S/C20H30N2O3/c1-4-25-13-5-6-19(23)21-18-8-7-17(14-16(18)3)20(24)22-11-9-15(2)10-12-22/h7-8,14-15H,4-6,9-13H2,1-3H3,(H,21,23). The minimum absolute atomic E-state index is 0.0214. The van der Waals surface area contributed by atoms with Crippen LogP contribution in [0.5, 0.6) is 0 Å². The molecule has 2 rings (SSSR count). The Morgan fingerprint density at radius 3 is 2.64 bits per heavy atom. The van der Waals surface area contributed by atoms with Crippen LogP contribution in [0.15, 0.2) is 18.2 Å². The van der Waals surface area contributed by atoms with Crippen molar-refractivity contribution in [3.05, 3.63) is 29.3 Å². The van der Waals surface area contributed by atoms with Crippen LogP contribution in [0.1, 0.15) is 55.5 Å². The van der Waals surface area contributed by atoms with Crippen LogP contribution in [0.25, 0.3) is 0 Å². The van der Waals surface area contributed by atoms with Crippen LogP contribution in [-0.2, 0) is 9.53 Å². The Labute approximate surface area is 150 Å². The monoisotopic (exact) mass is 346 g/mol. The van der Waals surface area contributed by atoms with Gasteiger partial charge in [0.25, 0.3) is 5.91 Å². The molecule has 0 aromatic heterocycles. The Morgan fingerprint density at radius 1 is 1.28 bits per heavy atom. The van der Waals surface area contributed by atoms with Crippen molar-refractivity contribution in [2.24, 2.45) is 5.92 Å². The molecule has 1 aliphatic rings. The largest absolute Gasteiger partial charge is 0.382 e. The zero-order chi connectivity index (χ0) is 18.2. The first-order valence-corrected chi connectivity index (χ1v) is 9.28. The molecule has 1 saturated heterocycles. The summed E-state index contributed by atoms with van der Waals surface area (Å²) in [6, 6.07) is 5.51. The maximum absolute atomic E-state index is 12.6. The predicted molar refractivity (Wildman–Crippen MR) is 99.8 cm³/mol. The third-order valence-corrected chi connectivity index (χ3v) is 4.71. The van der Waals surface area contributed by atoms with Crippen molar-refractivity contribution in [1.29, 1.82) is 0 Å². The van der Waals surface area contributed by atoms with E-state index in [1.165, 1.54) is 0 Å². The number of nitrogens with zero attached hydrogens (tertiary/aromatic N) is 1. The molecule has 1 aromatic carbocycles. The Bertz CT molecular complexity index is 593. The Kier molecular flexibility index (Phi) is 7.44. The van der Waals surface area contributed by atoms with Crippen molar-refractivity contribution in [2.75, 3.05) is 31.6 Å². The van der Waals surface area contributed by atoms with E-state index in [4.69, 9.17) is 4.74 Å². The fourth-order valence-corrected chi connectivity index (χ4v) is 3.02. The van der Waals surface area contributed by atoms with Crippen LogP contribution >= 0.6 is 0 Å². The van der Waals surface area contributed by atoms with Gasteiger partial charge >= 0.3 is 0 Å². The van der Waals surface area contributed by atoms with Crippen LogP contribution < -0.4 is 5.32 Å². The van der Waals surface area contributed by atoms with Gasteiger partial charge in [-0.05, 0) is 62.8 Å². The van der Waals surface area contributed by atoms with E-state index in [9.17, 15) is 9.59 Å². The molecule has 0 spiro atoms. The van der Waals surface area contributed by atoms with Crippen LogP contribution in [0.4, 0.5) is 5.69 Å². The fourth-order valence-electron chi connectivity index (χ4n) is 3.02. The molecule has 0 unspecified atom stereocenters. The summed E-state index contributed by atoms with van der Waals surface area (Å²) in [5.41, 5.74) is 2.38. The quantitative estimate of drug-likeness (QED) is 0.767. The number of carbonyl (C=O) groups excluding carboxylic acids is 2. The highest BCUT2D eigenvalue weighted by molar-refractivity contribution is 5.96. The first-order valence-electron chi connectivity index (χ1n) is 9.28. The number of benzene rings is 1. The zero-order valence-corrected chi connectivity index (χ0v) is 15.6. The van der Waals surface area contributed by atoms with Gasteiger partial charge in [0.15, 0.2) is 0 Å². The van der Waals surface area contributed by atoms with Gasteiger partial charge in [0, 0.05) is 44.0 Å². The maximum Gasteiger partial charge on any atom is 0.253 e. The SMILES string of the molecule is CCOCCCC(=O)Nc1ccc(C(=O)N2CCC(C)CC2)cc1C. The van der Waals surface area contributed by atoms with Crippen LogP contribution in [0.2, 0.25) is 0 Å². The van der Waals surface area contributed by atoms with Crippen molar-refractivity contribution in [3.63, 3.8) is 0 Å². The summed E-state index contributed by atoms with van der Waals surface area (Å²) >= 11 is 0. The number of hydrogen-bond acceptors (Lipinski definition) is 3. The molecule has 1 N–H and O–H groups in total. The van der Waals surface area contributed by atoms with Gasteiger partial charge < -0.3 is 15.0 Å². The topological polar surface area (TPSA) is 58.6 Å². The van der Waals surface area contributed by atoms with Gasteiger partial charge in [0.1, 0.15) is 0 Å². The highest BCUT2D eigenvalue weighted by Gasteiger charge is 2.21. The van der Waals surface area contributed by atoms with Gasteiger partial charge in [-0.15, -0.1) is 0 Å². The molecule has 1 fully saturated rings. The van der Waals surface area contributed by atoms with E-state index in [0.717, 1.165) is 37.2 Å². The van der Waals surface area contributed by atoms with Gasteiger partial charge in [-0.3, -0.25) is 9.59 Å². The number of anilines is 1. The molecular weight excluding hydrogens is 316 g/mol. The second kappa shape index (κ2) is 9.56. The molecule has 0 aliphatic carbocycles. The first kappa shape index (κ1) is 19.4. The molecule has 0 bridgehead atoms. The van der Waals surface area contributed by atoms with Crippen LogP contribution in [0.3, 0.4) is 0 Å². The summed E-state index contributed by atoms with van der Waals surface area (Å²) in [4.78, 5) is 26.5. The number of likely N-dealkylation sites (tertiary alicyclic amines) is 1. The van der Waals surface area contributed by atoms with Crippen molar-refractivity contribution in [1.82, 2.24) is 4.90 Å². The maximum atomic E-state index is 12.6. The van der Waals surface area contributed by atoms with E-state index in [0.29, 0.717) is 37.5 Å². The average molecular weight is 346 g/mol. The van der Waals surface area contributed by atoms with Crippen molar-refractivity contribution in [3.8, 4) is 0 Å². The van der Waals surface area contributed by atoms with E-state index < -0.39 is 0 Å². The van der Waals surface area contributed by atoms with E-state index >= 15 is 0 Å². The zero-order valence-electron chi connectivity index (χ0n) is 15.6. The molecular formula is C20H30N2O3. The molecule has 1 aliphatic heterocycles. The summed E-state index contributed by atoms with van der Waals surface area (Å²) in [5.74, 6) is 0.766. The molecule has 0 atom stereocenters. The lowest BCUT2D eigenvalue weighted by Gasteiger charge is -2.30. The molecule has 5 nitrogen and oxygen atoms in total. The minimum Gasteiger partial charge on any atom is -0.382 e. The highest BCUT2D eigenvalue weighted by Crippen LogP contribution is 2.21. The Balaban J connectivity index is 1.91. The number of aryl methyl sites for hydroxylation is 1. The van der Waals surface area contributed by atoms with Gasteiger partial charge in [-0.25, -0.2) is 0 Å². The smallest absolute Gasteiger partial charge is 0.253 e. The first-order chi connectivity index (χ1) is 12.0. The van der Waals surface area contributed by atoms with Crippen molar-refractivity contribution >= 4 is 17.5 Å². The fraction of sp³-hybridized carbons (Fsp3) is 0.600. The van der Waals surface area contributed by atoms with E-state index in [1.54, 1.807) is 0 Å². The number of carbonyl (C=O) groups is 2. The van der Waals surface area contributed by atoms with Gasteiger partial charge in [-0.1, -0.05) is 6.92 Å². The number of rotatable bonds is 7. The molecule has 5 heteroatoms. The number of nitrogens with one attached hydrogen (secondary N) is 1. The van der Waals surface area contributed by atoms with Gasteiger partial charge in [0.2, 0.25) is 5.91 Å². The summed E-state index contributed by atoms with van der Waals surface area (Å²) in [6.07, 6.45) is 3.29. The normalized spacial score (nSPS) is 15.2. The second-order valence-corrected chi connectivity index (χ2v) is 6.85. The molecule has 25 heavy (non-hydrogen) atoms. The van der Waals surface area contributed by atoms with E-state index in [2.05, 4.69) is 12.2 Å². The third kappa shape index (κ3) is 5.85. The summed E-state index contributed by atoms with van der Waals surface area (Å²) in [6.45, 7) is 9.03. The summed E-state index contributed by atoms with van der Waals surface area (Å²) in [5, 5.41) is 2.92. The van der Waals surface area contributed by atoms with Crippen LogP contribution in [-0.4, -0.2) is 43.0 Å². The second-order valence-electron chi connectivity index (χ2n) is 6.85. The van der Waals surface area contributed by atoms with Gasteiger partial charge in [-0.2, -0.15) is 0 Å². The molecule has 0 saturated carbocycles. The van der Waals surface area contributed by atoms with Gasteiger partial charge in [0.05, 0.1) is 0 Å². The number of amides is 2. The highest BCUT2D eigenvalue weighted by atomic mass is 16.5. The van der Waals surface area contributed by atoms with Crippen molar-refractivity contribution in [2.45, 2.75) is 46.5 Å². The molecule has 138 valence electrons. The Morgan fingerprint density at radius 2 is 2.00 bits per heavy atom. The van der Waals surface area contributed by atoms with E-state index in [-0.39, 0.29) is 11.8 Å². The third-order valence-electron chi connectivity index (χ3n) is 4.71. The lowest BCUT2D eigenvalue weighted by molar-refractivity contribution is -0.116. The number of piperidine rings is 1.